The van der Waals surface area contributed by atoms with Crippen molar-refractivity contribution >= 4 is 51.1 Å². The van der Waals surface area contributed by atoms with Crippen LogP contribution in [-0.2, 0) is 16.0 Å². The fourth-order valence-corrected chi connectivity index (χ4v) is 4.16. The van der Waals surface area contributed by atoms with Gasteiger partial charge < -0.3 is 10.1 Å². The summed E-state index contributed by atoms with van der Waals surface area (Å²) in [6.07, 6.45) is 2.44. The van der Waals surface area contributed by atoms with Crippen molar-refractivity contribution < 1.29 is 14.7 Å². The number of nitrogens with zero attached hydrogens (tertiary/aromatic N) is 1. The second-order valence-corrected chi connectivity index (χ2v) is 7.04. The van der Waals surface area contributed by atoms with Crippen LogP contribution < -0.4 is 0 Å². The molecule has 0 radical (unpaired) electrons. The molecule has 1 atom stereocenters. The van der Waals surface area contributed by atoms with Crippen molar-refractivity contribution in [3.05, 3.63) is 35.5 Å². The number of aryl methyl sites for hydroxylation is 1. The number of fused-ring (bicyclic) bond motifs is 1. The summed E-state index contributed by atoms with van der Waals surface area (Å²) in [5, 5.41) is 9.59. The topological polar surface area (TPSA) is 73.4 Å². The fourth-order valence-electron chi connectivity index (χ4n) is 2.64. The van der Waals surface area contributed by atoms with Crippen molar-refractivity contribution in [3.8, 4) is 0 Å². The zero-order chi connectivity index (χ0) is 15.9. The van der Waals surface area contributed by atoms with Gasteiger partial charge in [0.25, 0.3) is 0 Å². The van der Waals surface area contributed by atoms with Gasteiger partial charge in [0.15, 0.2) is 0 Å². The van der Waals surface area contributed by atoms with Crippen LogP contribution in [-0.4, -0.2) is 43.0 Å². The highest BCUT2D eigenvalue weighted by molar-refractivity contribution is 8.24. The van der Waals surface area contributed by atoms with Gasteiger partial charge in [0.05, 0.1) is 5.25 Å². The number of carbonyl (C=O) groups is 2. The second kappa shape index (κ2) is 5.73. The molecule has 0 aliphatic carbocycles. The van der Waals surface area contributed by atoms with Crippen LogP contribution >= 0.6 is 24.0 Å². The summed E-state index contributed by atoms with van der Waals surface area (Å²) in [6.45, 7) is 1.66. The van der Waals surface area contributed by atoms with E-state index in [1.165, 1.54) is 16.7 Å². The number of aliphatic carboxylic acids is 1. The van der Waals surface area contributed by atoms with Gasteiger partial charge in [0, 0.05) is 17.1 Å². The SMILES string of the molecule is Cc1cccc2c(CC3SC(=S)N(CC(=O)O)C3=O)c[nH]c12. The maximum absolute atomic E-state index is 12.3. The third-order valence-electron chi connectivity index (χ3n) is 3.71. The summed E-state index contributed by atoms with van der Waals surface area (Å²) < 4.78 is 0.341. The van der Waals surface area contributed by atoms with Gasteiger partial charge in [-0.3, -0.25) is 14.5 Å². The molecule has 3 rings (SSSR count). The Labute approximate surface area is 136 Å². The summed E-state index contributed by atoms with van der Waals surface area (Å²) in [6, 6.07) is 6.04. The Bertz CT molecular complexity index is 784. The first kappa shape index (κ1) is 15.1. The molecule has 22 heavy (non-hydrogen) atoms. The molecule has 1 aliphatic rings. The van der Waals surface area contributed by atoms with Gasteiger partial charge in [-0.2, -0.15) is 0 Å². The molecule has 7 heteroatoms. The number of aromatic amines is 1. The maximum atomic E-state index is 12.3. The molecule has 1 fully saturated rings. The van der Waals surface area contributed by atoms with Crippen molar-refractivity contribution in [1.82, 2.24) is 9.88 Å². The molecule has 5 nitrogen and oxygen atoms in total. The van der Waals surface area contributed by atoms with E-state index < -0.39 is 5.97 Å². The van der Waals surface area contributed by atoms with Gasteiger partial charge in [-0.15, -0.1) is 0 Å². The van der Waals surface area contributed by atoms with Crippen LogP contribution in [0.2, 0.25) is 0 Å². The van der Waals surface area contributed by atoms with Crippen molar-refractivity contribution in [1.29, 1.82) is 0 Å². The Balaban J connectivity index is 1.84. The van der Waals surface area contributed by atoms with Gasteiger partial charge >= 0.3 is 5.97 Å². The maximum Gasteiger partial charge on any atom is 0.323 e. The highest BCUT2D eigenvalue weighted by Gasteiger charge is 2.38. The Morgan fingerprint density at radius 2 is 2.27 bits per heavy atom. The van der Waals surface area contributed by atoms with Gasteiger partial charge in [0.2, 0.25) is 5.91 Å². The number of para-hydroxylation sites is 1. The number of hydrogen-bond acceptors (Lipinski definition) is 4. The van der Waals surface area contributed by atoms with Crippen LogP contribution in [0, 0.1) is 6.92 Å². The molecule has 0 bridgehead atoms. The Morgan fingerprint density at radius 3 is 3.00 bits per heavy atom. The summed E-state index contributed by atoms with van der Waals surface area (Å²) in [5.41, 5.74) is 3.26. The van der Waals surface area contributed by atoms with Crippen LogP contribution in [0.25, 0.3) is 10.9 Å². The van der Waals surface area contributed by atoms with E-state index in [1.54, 1.807) is 0 Å². The fraction of sp³-hybridized carbons (Fsp3) is 0.267. The minimum absolute atomic E-state index is 0.223. The summed E-state index contributed by atoms with van der Waals surface area (Å²) >= 11 is 6.39. The van der Waals surface area contributed by atoms with E-state index >= 15 is 0 Å². The number of amides is 1. The van der Waals surface area contributed by atoms with Crippen molar-refractivity contribution in [2.24, 2.45) is 0 Å². The number of carboxylic acids is 1. The average molecular weight is 334 g/mol. The molecule has 0 saturated carbocycles. The lowest BCUT2D eigenvalue weighted by Gasteiger charge is -2.12. The van der Waals surface area contributed by atoms with Crippen LogP contribution in [0.3, 0.4) is 0 Å². The zero-order valence-corrected chi connectivity index (χ0v) is 13.5. The van der Waals surface area contributed by atoms with E-state index in [-0.39, 0.29) is 17.7 Å². The molecule has 114 valence electrons. The van der Waals surface area contributed by atoms with Crippen molar-refractivity contribution in [3.63, 3.8) is 0 Å². The van der Waals surface area contributed by atoms with Gasteiger partial charge in [-0.25, -0.2) is 0 Å². The minimum Gasteiger partial charge on any atom is -0.480 e. The second-order valence-electron chi connectivity index (χ2n) is 5.21. The summed E-state index contributed by atoms with van der Waals surface area (Å²) in [7, 11) is 0. The summed E-state index contributed by atoms with van der Waals surface area (Å²) in [4.78, 5) is 27.6. The standard InChI is InChI=1S/C15H14N2O3S2/c1-8-3-2-4-10-9(6-16-13(8)10)5-11-14(20)17(7-12(18)19)15(21)22-11/h2-4,6,11,16H,5,7H2,1H3,(H,18,19). The van der Waals surface area contributed by atoms with Crippen molar-refractivity contribution in [2.45, 2.75) is 18.6 Å². The number of thioether (sulfide) groups is 1. The number of H-pyrrole nitrogens is 1. The van der Waals surface area contributed by atoms with E-state index in [1.807, 2.05) is 31.3 Å². The molecule has 0 spiro atoms. The Morgan fingerprint density at radius 1 is 1.50 bits per heavy atom. The molecule has 1 aromatic carbocycles. The average Bonchev–Trinajstić information content (AvgIpc) is 2.97. The first-order valence-electron chi connectivity index (χ1n) is 6.76. The predicted octanol–water partition coefficient (Wildman–Crippen LogP) is 2.33. The molecule has 2 aromatic rings. The lowest BCUT2D eigenvalue weighted by atomic mass is 10.1. The van der Waals surface area contributed by atoms with Gasteiger partial charge in [-0.1, -0.05) is 42.2 Å². The third-order valence-corrected chi connectivity index (χ3v) is 5.30. The van der Waals surface area contributed by atoms with Gasteiger partial charge in [-0.05, 0) is 24.5 Å². The van der Waals surface area contributed by atoms with Crippen LogP contribution in [0.4, 0.5) is 0 Å². The van der Waals surface area contributed by atoms with E-state index in [2.05, 4.69) is 4.98 Å². The molecule has 1 aromatic heterocycles. The van der Waals surface area contributed by atoms with E-state index in [0.29, 0.717) is 10.7 Å². The van der Waals surface area contributed by atoms with Gasteiger partial charge in [0.1, 0.15) is 10.9 Å². The molecule has 2 N–H and O–H groups in total. The number of thiocarbonyl (C=S) groups is 1. The van der Waals surface area contributed by atoms with Crippen LogP contribution in [0.5, 0.6) is 0 Å². The number of aromatic nitrogens is 1. The molecule has 1 aliphatic heterocycles. The molecule has 1 saturated heterocycles. The zero-order valence-electron chi connectivity index (χ0n) is 11.8. The molecule has 1 unspecified atom stereocenters. The molecular weight excluding hydrogens is 320 g/mol. The number of rotatable bonds is 4. The van der Waals surface area contributed by atoms with Crippen LogP contribution in [0.15, 0.2) is 24.4 Å². The van der Waals surface area contributed by atoms with E-state index in [9.17, 15) is 9.59 Å². The lowest BCUT2D eigenvalue weighted by molar-refractivity contribution is -0.141. The van der Waals surface area contributed by atoms with Crippen LogP contribution in [0.1, 0.15) is 11.1 Å². The Hall–Kier alpha value is -1.86. The third kappa shape index (κ3) is 2.62. The molecule has 1 amide bonds. The quantitative estimate of drug-likeness (QED) is 0.840. The largest absolute Gasteiger partial charge is 0.480 e. The normalized spacial score (nSPS) is 18.4. The number of carbonyl (C=O) groups excluding carboxylic acids is 1. The first-order chi connectivity index (χ1) is 10.5. The smallest absolute Gasteiger partial charge is 0.323 e. The Kier molecular flexibility index (Phi) is 3.92. The van der Waals surface area contributed by atoms with E-state index in [0.717, 1.165) is 22.0 Å². The van der Waals surface area contributed by atoms with E-state index in [4.69, 9.17) is 17.3 Å². The first-order valence-corrected chi connectivity index (χ1v) is 8.05. The highest BCUT2D eigenvalue weighted by atomic mass is 32.2. The highest BCUT2D eigenvalue weighted by Crippen LogP contribution is 2.32. The molecule has 2 heterocycles. The lowest BCUT2D eigenvalue weighted by Crippen LogP contribution is -2.36. The molecular formula is C15H14N2O3S2. The minimum atomic E-state index is -1.06. The monoisotopic (exact) mass is 334 g/mol. The number of carboxylic acid groups (broad SMARTS) is 1. The number of benzene rings is 1. The summed E-state index contributed by atoms with van der Waals surface area (Å²) in [5.74, 6) is -1.28. The van der Waals surface area contributed by atoms with Crippen molar-refractivity contribution in [2.75, 3.05) is 6.54 Å². The number of nitrogens with one attached hydrogen (secondary N) is 1. The predicted molar refractivity (Wildman–Crippen MR) is 90.1 cm³/mol. The number of hydrogen-bond donors (Lipinski definition) is 2.